The average molecular weight is 432 g/mol. The van der Waals surface area contributed by atoms with E-state index in [0.29, 0.717) is 13.1 Å². The Kier molecular flexibility index (Phi) is 4.96. The maximum atomic E-state index is 13.1. The Bertz CT molecular complexity index is 1160. The van der Waals surface area contributed by atoms with Gasteiger partial charge in [-0.05, 0) is 56.4 Å². The molecule has 1 aliphatic carbocycles. The zero-order valence-electron chi connectivity index (χ0n) is 18.7. The monoisotopic (exact) mass is 431 g/mol. The largest absolute Gasteiger partial charge is 0.445 e. The Morgan fingerprint density at radius 2 is 1.75 bits per heavy atom. The molecule has 2 aromatic heterocycles. The number of likely N-dealkylation sites (tertiary alicyclic amines) is 1. The van der Waals surface area contributed by atoms with Crippen molar-refractivity contribution in [3.05, 3.63) is 77.6 Å². The number of rotatable bonds is 5. The molecule has 2 amide bonds. The first-order valence-corrected chi connectivity index (χ1v) is 11.2. The van der Waals surface area contributed by atoms with Crippen molar-refractivity contribution in [2.45, 2.75) is 32.9 Å². The number of fused-ring (bicyclic) bond motifs is 2. The van der Waals surface area contributed by atoms with Gasteiger partial charge in [0, 0.05) is 36.5 Å². The van der Waals surface area contributed by atoms with Gasteiger partial charge in [-0.1, -0.05) is 36.4 Å². The van der Waals surface area contributed by atoms with Crippen LogP contribution in [0.2, 0.25) is 0 Å². The van der Waals surface area contributed by atoms with Gasteiger partial charge in [0.05, 0.1) is 11.1 Å². The van der Waals surface area contributed by atoms with Crippen LogP contribution in [0.15, 0.2) is 60.8 Å². The molecule has 2 atom stereocenters. The third-order valence-electron chi connectivity index (χ3n) is 6.94. The van der Waals surface area contributed by atoms with E-state index in [9.17, 15) is 9.59 Å². The molecule has 32 heavy (non-hydrogen) atoms. The summed E-state index contributed by atoms with van der Waals surface area (Å²) in [6.45, 7) is 7.63. The van der Waals surface area contributed by atoms with Gasteiger partial charge in [0.25, 0.3) is 0 Å². The van der Waals surface area contributed by atoms with E-state index in [1.807, 2.05) is 48.7 Å². The molecule has 1 aromatic carbocycles. The molecule has 0 radical (unpaired) electrons. The van der Waals surface area contributed by atoms with Gasteiger partial charge < -0.3 is 19.4 Å². The van der Waals surface area contributed by atoms with Gasteiger partial charge in [-0.15, -0.1) is 0 Å². The molecule has 6 heteroatoms. The second-order valence-corrected chi connectivity index (χ2v) is 9.57. The van der Waals surface area contributed by atoms with Crippen molar-refractivity contribution < 1.29 is 14.3 Å². The highest BCUT2D eigenvalue weighted by Gasteiger charge is 2.60. The van der Waals surface area contributed by atoms with Crippen LogP contribution in [-0.2, 0) is 21.7 Å². The Labute approximate surface area is 188 Å². The van der Waals surface area contributed by atoms with Crippen LogP contribution in [0, 0.1) is 24.7 Å². The summed E-state index contributed by atoms with van der Waals surface area (Å²) in [4.78, 5) is 27.2. The van der Waals surface area contributed by atoms with Gasteiger partial charge in [-0.3, -0.25) is 4.79 Å². The number of carbonyl (C=O) groups is 2. The normalized spacial score (nSPS) is 22.0. The van der Waals surface area contributed by atoms with Crippen LogP contribution in [0.1, 0.15) is 30.7 Å². The van der Waals surface area contributed by atoms with E-state index in [-0.39, 0.29) is 36.4 Å². The molecule has 0 spiro atoms. The van der Waals surface area contributed by atoms with Crippen LogP contribution in [-0.4, -0.2) is 34.4 Å². The molecular formula is C26H29N3O3. The second-order valence-electron chi connectivity index (χ2n) is 9.57. The summed E-state index contributed by atoms with van der Waals surface area (Å²) in [5.74, 6) is 0.503. The molecule has 1 saturated carbocycles. The summed E-state index contributed by atoms with van der Waals surface area (Å²) in [7, 11) is 0. The standard InChI is InChI=1S/C26H29N3O3/c1-17-13-21(22-11-7-8-12-29(17)22)26(2,3)27-24(30)23-19-14-28(15-20(19)23)25(31)32-16-18-9-5-4-6-10-18/h4-13,19-20,23H,14-16H2,1-3H3,(H,27,30). The number of carbonyl (C=O) groups excluding carboxylic acids is 2. The fraction of sp³-hybridized carbons (Fsp3) is 0.385. The summed E-state index contributed by atoms with van der Waals surface area (Å²) in [5, 5.41) is 3.27. The van der Waals surface area contributed by atoms with Crippen LogP contribution in [0.5, 0.6) is 0 Å². The summed E-state index contributed by atoms with van der Waals surface area (Å²) >= 11 is 0. The number of ether oxygens (including phenoxy) is 1. The van der Waals surface area contributed by atoms with Gasteiger partial charge in [-0.25, -0.2) is 4.79 Å². The van der Waals surface area contributed by atoms with Crippen molar-refractivity contribution in [2.24, 2.45) is 17.8 Å². The molecule has 3 aromatic rings. The first-order valence-electron chi connectivity index (χ1n) is 11.2. The number of nitrogens with zero attached hydrogens (tertiary/aromatic N) is 2. The van der Waals surface area contributed by atoms with E-state index >= 15 is 0 Å². The minimum Gasteiger partial charge on any atom is -0.445 e. The number of pyridine rings is 1. The summed E-state index contributed by atoms with van der Waals surface area (Å²) in [6.07, 6.45) is 1.75. The van der Waals surface area contributed by atoms with Crippen molar-refractivity contribution in [3.8, 4) is 0 Å². The molecule has 1 aliphatic heterocycles. The minimum atomic E-state index is -0.483. The van der Waals surface area contributed by atoms with Gasteiger partial charge >= 0.3 is 6.09 Å². The van der Waals surface area contributed by atoms with Gasteiger partial charge in [-0.2, -0.15) is 0 Å². The Balaban J connectivity index is 1.18. The molecular weight excluding hydrogens is 402 g/mol. The smallest absolute Gasteiger partial charge is 0.410 e. The van der Waals surface area contributed by atoms with E-state index < -0.39 is 5.54 Å². The Morgan fingerprint density at radius 3 is 2.47 bits per heavy atom. The predicted molar refractivity (Wildman–Crippen MR) is 122 cm³/mol. The molecule has 1 N–H and O–H groups in total. The first kappa shape index (κ1) is 20.6. The third kappa shape index (κ3) is 3.64. The molecule has 3 heterocycles. The topological polar surface area (TPSA) is 63.0 Å². The highest BCUT2D eigenvalue weighted by atomic mass is 16.6. The molecule has 2 unspecified atom stereocenters. The molecule has 2 fully saturated rings. The van der Waals surface area contributed by atoms with Crippen molar-refractivity contribution in [1.29, 1.82) is 0 Å². The number of amides is 2. The molecule has 166 valence electrons. The maximum absolute atomic E-state index is 13.1. The number of hydrogen-bond acceptors (Lipinski definition) is 3. The molecule has 1 saturated heterocycles. The average Bonchev–Trinajstić information content (AvgIpc) is 3.11. The SMILES string of the molecule is Cc1cc(C(C)(C)NC(=O)C2C3CN(C(=O)OCc4ccccc4)CC32)c2ccccn12. The first-order chi connectivity index (χ1) is 15.3. The molecule has 2 aliphatic rings. The number of nitrogens with one attached hydrogen (secondary N) is 1. The number of aromatic nitrogens is 1. The van der Waals surface area contributed by atoms with Crippen molar-refractivity contribution in [2.75, 3.05) is 13.1 Å². The Hall–Kier alpha value is -3.28. The van der Waals surface area contributed by atoms with Crippen molar-refractivity contribution in [1.82, 2.24) is 14.6 Å². The fourth-order valence-electron chi connectivity index (χ4n) is 5.16. The van der Waals surface area contributed by atoms with Gasteiger partial charge in [0.15, 0.2) is 0 Å². The summed E-state index contributed by atoms with van der Waals surface area (Å²) < 4.78 is 7.59. The number of piperidine rings is 1. The lowest BCUT2D eigenvalue weighted by atomic mass is 9.94. The lowest BCUT2D eigenvalue weighted by molar-refractivity contribution is -0.125. The van der Waals surface area contributed by atoms with E-state index in [0.717, 1.165) is 22.3 Å². The van der Waals surface area contributed by atoms with E-state index in [1.54, 1.807) is 4.90 Å². The van der Waals surface area contributed by atoms with Crippen LogP contribution in [0.3, 0.4) is 0 Å². The quantitative estimate of drug-likeness (QED) is 0.661. The lowest BCUT2D eigenvalue weighted by Gasteiger charge is -2.27. The minimum absolute atomic E-state index is 0.0255. The highest BCUT2D eigenvalue weighted by Crippen LogP contribution is 2.52. The van der Waals surface area contributed by atoms with Crippen LogP contribution in [0.4, 0.5) is 4.79 Å². The third-order valence-corrected chi connectivity index (χ3v) is 6.94. The highest BCUT2D eigenvalue weighted by molar-refractivity contribution is 5.84. The number of benzene rings is 1. The van der Waals surface area contributed by atoms with Crippen LogP contribution in [0.25, 0.3) is 5.52 Å². The van der Waals surface area contributed by atoms with Crippen molar-refractivity contribution >= 4 is 17.5 Å². The summed E-state index contributed by atoms with van der Waals surface area (Å²) in [5.41, 5.74) is 3.85. The zero-order valence-corrected chi connectivity index (χ0v) is 18.7. The van der Waals surface area contributed by atoms with E-state index in [2.05, 4.69) is 42.6 Å². The molecule has 0 bridgehead atoms. The number of aryl methyl sites for hydroxylation is 1. The number of hydrogen-bond donors (Lipinski definition) is 1. The van der Waals surface area contributed by atoms with Gasteiger partial charge in [0.2, 0.25) is 5.91 Å². The second kappa shape index (κ2) is 7.69. The van der Waals surface area contributed by atoms with E-state index in [1.165, 1.54) is 0 Å². The fourth-order valence-corrected chi connectivity index (χ4v) is 5.16. The molecule has 6 nitrogen and oxygen atoms in total. The van der Waals surface area contributed by atoms with Crippen molar-refractivity contribution in [3.63, 3.8) is 0 Å². The van der Waals surface area contributed by atoms with E-state index in [4.69, 9.17) is 4.74 Å². The zero-order chi connectivity index (χ0) is 22.5. The summed E-state index contributed by atoms with van der Waals surface area (Å²) in [6, 6.07) is 17.9. The predicted octanol–water partition coefficient (Wildman–Crippen LogP) is 4.11. The maximum Gasteiger partial charge on any atom is 0.410 e. The molecule has 5 rings (SSSR count). The van der Waals surface area contributed by atoms with Gasteiger partial charge in [0.1, 0.15) is 6.61 Å². The Morgan fingerprint density at radius 1 is 1.06 bits per heavy atom. The lowest BCUT2D eigenvalue weighted by Crippen LogP contribution is -2.43. The van der Waals surface area contributed by atoms with Crippen LogP contribution < -0.4 is 5.32 Å². The van der Waals surface area contributed by atoms with Crippen LogP contribution >= 0.6 is 0 Å².